The normalized spacial score (nSPS) is 19.9. The van der Waals surface area contributed by atoms with Gasteiger partial charge >= 0.3 is 0 Å². The third kappa shape index (κ3) is 3.56. The minimum Gasteiger partial charge on any atom is -0.341 e. The molecule has 1 aliphatic rings. The second-order valence-electron chi connectivity index (χ2n) is 4.77. The smallest absolute Gasteiger partial charge is 0.227 e. The molecule has 0 unspecified atom stereocenters. The minimum absolute atomic E-state index is 0.234. The predicted molar refractivity (Wildman–Crippen MR) is 76.5 cm³/mol. The van der Waals surface area contributed by atoms with E-state index in [9.17, 15) is 4.79 Å². The fourth-order valence-corrected chi connectivity index (χ4v) is 2.59. The number of likely N-dealkylation sites (N-methyl/N-ethyl adjacent to an activating group) is 1. The van der Waals surface area contributed by atoms with Crippen LogP contribution >= 0.6 is 15.9 Å². The Balaban J connectivity index is 1.93. The van der Waals surface area contributed by atoms with Gasteiger partial charge in [0.1, 0.15) is 0 Å². The summed E-state index contributed by atoms with van der Waals surface area (Å²) < 4.78 is 1.05. The van der Waals surface area contributed by atoms with E-state index in [0.717, 1.165) is 29.5 Å². The Hall–Kier alpha value is -0.870. The van der Waals surface area contributed by atoms with Crippen LogP contribution in [0.15, 0.2) is 28.7 Å². The average Bonchev–Trinajstić information content (AvgIpc) is 2.41. The van der Waals surface area contributed by atoms with Crippen molar-refractivity contribution < 1.29 is 4.79 Å². The lowest BCUT2D eigenvalue weighted by molar-refractivity contribution is -0.131. The van der Waals surface area contributed by atoms with Gasteiger partial charge in [-0.2, -0.15) is 0 Å². The van der Waals surface area contributed by atoms with E-state index >= 15 is 0 Å². The van der Waals surface area contributed by atoms with Gasteiger partial charge in [-0.3, -0.25) is 4.79 Å². The molecule has 4 heteroatoms. The topological polar surface area (TPSA) is 32.3 Å². The van der Waals surface area contributed by atoms with Crippen molar-refractivity contribution in [1.29, 1.82) is 0 Å². The quantitative estimate of drug-likeness (QED) is 0.928. The van der Waals surface area contributed by atoms with E-state index in [1.807, 2.05) is 36.2 Å². The fourth-order valence-electron chi connectivity index (χ4n) is 2.33. The van der Waals surface area contributed by atoms with Crippen LogP contribution in [0.5, 0.6) is 0 Å². The molecule has 98 valence electrons. The van der Waals surface area contributed by atoms with Gasteiger partial charge in [0.15, 0.2) is 0 Å². The first-order chi connectivity index (χ1) is 8.69. The highest BCUT2D eigenvalue weighted by atomic mass is 79.9. The number of piperidine rings is 1. The molecule has 0 saturated carbocycles. The van der Waals surface area contributed by atoms with Crippen molar-refractivity contribution in [3.63, 3.8) is 0 Å². The van der Waals surface area contributed by atoms with E-state index in [4.69, 9.17) is 0 Å². The van der Waals surface area contributed by atoms with Crippen molar-refractivity contribution >= 4 is 21.8 Å². The summed E-state index contributed by atoms with van der Waals surface area (Å²) >= 11 is 3.40. The van der Waals surface area contributed by atoms with E-state index in [1.165, 1.54) is 6.42 Å². The van der Waals surface area contributed by atoms with Gasteiger partial charge in [0.25, 0.3) is 0 Å². The molecule has 1 aliphatic heterocycles. The Morgan fingerprint density at radius 3 is 2.83 bits per heavy atom. The summed E-state index contributed by atoms with van der Waals surface area (Å²) in [5.41, 5.74) is 1.08. The maximum Gasteiger partial charge on any atom is 0.227 e. The number of halogens is 1. The van der Waals surface area contributed by atoms with Crippen LogP contribution in [0.4, 0.5) is 0 Å². The SMILES string of the molecule is CN[C@H]1CCCN(C(=O)Cc2ccc(Br)cc2)C1. The number of carbonyl (C=O) groups is 1. The molecule has 1 saturated heterocycles. The van der Waals surface area contributed by atoms with E-state index < -0.39 is 0 Å². The van der Waals surface area contributed by atoms with Crippen molar-refractivity contribution in [3.05, 3.63) is 34.3 Å². The number of hydrogen-bond acceptors (Lipinski definition) is 2. The molecule has 0 aliphatic carbocycles. The van der Waals surface area contributed by atoms with Crippen LogP contribution in [0.1, 0.15) is 18.4 Å². The van der Waals surface area contributed by atoms with Crippen LogP contribution in [0.2, 0.25) is 0 Å². The number of hydrogen-bond donors (Lipinski definition) is 1. The van der Waals surface area contributed by atoms with Crippen LogP contribution < -0.4 is 5.32 Å². The number of nitrogens with one attached hydrogen (secondary N) is 1. The Morgan fingerprint density at radius 1 is 1.44 bits per heavy atom. The van der Waals surface area contributed by atoms with Gasteiger partial charge in [-0.25, -0.2) is 0 Å². The molecule has 1 heterocycles. The maximum atomic E-state index is 12.2. The van der Waals surface area contributed by atoms with Gasteiger partial charge in [-0.15, -0.1) is 0 Å². The molecule has 1 aromatic carbocycles. The summed E-state index contributed by atoms with van der Waals surface area (Å²) in [5.74, 6) is 0.234. The van der Waals surface area contributed by atoms with E-state index in [1.54, 1.807) is 0 Å². The molecule has 1 fully saturated rings. The molecule has 0 aromatic heterocycles. The van der Waals surface area contributed by atoms with Crippen LogP contribution in [0.25, 0.3) is 0 Å². The highest BCUT2D eigenvalue weighted by Gasteiger charge is 2.22. The maximum absolute atomic E-state index is 12.2. The summed E-state index contributed by atoms with van der Waals surface area (Å²) in [6.07, 6.45) is 2.76. The molecule has 2 rings (SSSR count). The lowest BCUT2D eigenvalue weighted by atomic mass is 10.0. The molecular weight excluding hydrogens is 292 g/mol. The minimum atomic E-state index is 0.234. The van der Waals surface area contributed by atoms with Crippen molar-refractivity contribution in [3.8, 4) is 0 Å². The highest BCUT2D eigenvalue weighted by molar-refractivity contribution is 9.10. The first kappa shape index (κ1) is 13.6. The monoisotopic (exact) mass is 310 g/mol. The summed E-state index contributed by atoms with van der Waals surface area (Å²) in [5, 5.41) is 3.26. The van der Waals surface area contributed by atoms with Gasteiger partial charge < -0.3 is 10.2 Å². The number of rotatable bonds is 3. The van der Waals surface area contributed by atoms with Crippen molar-refractivity contribution in [2.24, 2.45) is 0 Å². The number of benzene rings is 1. The molecule has 1 amide bonds. The molecule has 1 N–H and O–H groups in total. The fraction of sp³-hybridized carbons (Fsp3) is 0.500. The molecule has 18 heavy (non-hydrogen) atoms. The Bertz CT molecular complexity index is 405. The van der Waals surface area contributed by atoms with Crippen molar-refractivity contribution in [1.82, 2.24) is 10.2 Å². The number of likely N-dealkylation sites (tertiary alicyclic amines) is 1. The number of nitrogens with zero attached hydrogens (tertiary/aromatic N) is 1. The van der Waals surface area contributed by atoms with Gasteiger partial charge in [0.05, 0.1) is 6.42 Å². The summed E-state index contributed by atoms with van der Waals surface area (Å²) in [6.45, 7) is 1.74. The number of amides is 1. The number of carbonyl (C=O) groups excluding carboxylic acids is 1. The lowest BCUT2D eigenvalue weighted by Crippen LogP contribution is -2.47. The Morgan fingerprint density at radius 2 is 2.17 bits per heavy atom. The van der Waals surface area contributed by atoms with Crippen LogP contribution in [0, 0.1) is 0 Å². The van der Waals surface area contributed by atoms with E-state index in [2.05, 4.69) is 21.2 Å². The largest absolute Gasteiger partial charge is 0.341 e. The molecule has 3 nitrogen and oxygen atoms in total. The summed E-state index contributed by atoms with van der Waals surface area (Å²) in [4.78, 5) is 14.2. The van der Waals surface area contributed by atoms with Crippen LogP contribution in [-0.4, -0.2) is 37.0 Å². The Labute approximate surface area is 117 Å². The first-order valence-corrected chi connectivity index (χ1v) is 7.18. The van der Waals surface area contributed by atoms with Gasteiger partial charge in [0.2, 0.25) is 5.91 Å². The highest BCUT2D eigenvalue weighted by Crippen LogP contribution is 2.14. The average molecular weight is 311 g/mol. The first-order valence-electron chi connectivity index (χ1n) is 6.38. The van der Waals surface area contributed by atoms with Gasteiger partial charge in [-0.1, -0.05) is 28.1 Å². The van der Waals surface area contributed by atoms with Gasteiger partial charge in [-0.05, 0) is 37.6 Å². The molecule has 1 aromatic rings. The molecular formula is C14H19BrN2O. The van der Waals surface area contributed by atoms with E-state index in [-0.39, 0.29) is 5.91 Å². The zero-order valence-corrected chi connectivity index (χ0v) is 12.2. The lowest BCUT2D eigenvalue weighted by Gasteiger charge is -2.32. The zero-order chi connectivity index (χ0) is 13.0. The summed E-state index contributed by atoms with van der Waals surface area (Å²) in [7, 11) is 1.97. The Kier molecular flexibility index (Phi) is 4.78. The molecule has 0 radical (unpaired) electrons. The van der Waals surface area contributed by atoms with E-state index in [0.29, 0.717) is 12.5 Å². The van der Waals surface area contributed by atoms with Gasteiger partial charge in [0, 0.05) is 23.6 Å². The standard InChI is InChI=1S/C14H19BrN2O/c1-16-13-3-2-8-17(10-13)14(18)9-11-4-6-12(15)7-5-11/h4-7,13,16H,2-3,8-10H2,1H3/t13-/m0/s1. The predicted octanol–water partition coefficient (Wildman–Crippen LogP) is 2.20. The van der Waals surface area contributed by atoms with Crippen LogP contribution in [0.3, 0.4) is 0 Å². The second kappa shape index (κ2) is 6.34. The molecule has 1 atom stereocenters. The third-order valence-corrected chi connectivity index (χ3v) is 3.98. The van der Waals surface area contributed by atoms with Crippen molar-refractivity contribution in [2.45, 2.75) is 25.3 Å². The molecule has 0 bridgehead atoms. The van der Waals surface area contributed by atoms with Crippen molar-refractivity contribution in [2.75, 3.05) is 20.1 Å². The second-order valence-corrected chi connectivity index (χ2v) is 5.69. The third-order valence-electron chi connectivity index (χ3n) is 3.45. The van der Waals surface area contributed by atoms with Crippen LogP contribution in [-0.2, 0) is 11.2 Å². The molecule has 0 spiro atoms. The summed E-state index contributed by atoms with van der Waals surface area (Å²) in [6, 6.07) is 8.42. The zero-order valence-electron chi connectivity index (χ0n) is 10.7.